The number of rotatable bonds is 7. The van der Waals surface area contributed by atoms with Gasteiger partial charge in [0.05, 0.1) is 13.2 Å². The maximum Gasteiger partial charge on any atom is 0.223 e. The summed E-state index contributed by atoms with van der Waals surface area (Å²) in [4.78, 5) is 14.7. The van der Waals surface area contributed by atoms with Gasteiger partial charge >= 0.3 is 0 Å². The predicted molar refractivity (Wildman–Crippen MR) is 103 cm³/mol. The first kappa shape index (κ1) is 18.3. The molecule has 0 N–H and O–H groups in total. The third-order valence-corrected chi connectivity index (χ3v) is 4.50. The Morgan fingerprint density at radius 3 is 2.54 bits per heavy atom. The first-order valence-electron chi connectivity index (χ1n) is 9.46. The summed E-state index contributed by atoms with van der Waals surface area (Å²) in [7, 11) is 0. The second-order valence-corrected chi connectivity index (χ2v) is 6.63. The number of carbonyl (C=O) groups is 1. The van der Waals surface area contributed by atoms with Gasteiger partial charge in [-0.3, -0.25) is 4.79 Å². The summed E-state index contributed by atoms with van der Waals surface area (Å²) in [5, 5.41) is 0. The molecule has 0 saturated heterocycles. The van der Waals surface area contributed by atoms with Crippen molar-refractivity contribution in [1.29, 1.82) is 0 Å². The number of hydrogen-bond acceptors (Lipinski definition) is 3. The molecule has 1 aliphatic heterocycles. The molecule has 138 valence electrons. The van der Waals surface area contributed by atoms with Gasteiger partial charge in [0.25, 0.3) is 0 Å². The lowest BCUT2D eigenvalue weighted by Crippen LogP contribution is -2.31. The fraction of sp³-hybridized carbons (Fsp3) is 0.409. The van der Waals surface area contributed by atoms with Gasteiger partial charge < -0.3 is 14.4 Å². The Morgan fingerprint density at radius 2 is 1.77 bits per heavy atom. The minimum absolute atomic E-state index is 0.197. The van der Waals surface area contributed by atoms with Crippen molar-refractivity contribution < 1.29 is 14.3 Å². The highest BCUT2D eigenvalue weighted by Gasteiger charge is 2.15. The number of amides is 1. The first-order chi connectivity index (χ1) is 12.8. The van der Waals surface area contributed by atoms with E-state index in [1.807, 2.05) is 41.3 Å². The van der Waals surface area contributed by atoms with Crippen LogP contribution in [-0.4, -0.2) is 30.6 Å². The summed E-state index contributed by atoms with van der Waals surface area (Å²) in [5.41, 5.74) is 2.28. The summed E-state index contributed by atoms with van der Waals surface area (Å²) >= 11 is 0. The monoisotopic (exact) mass is 353 g/mol. The van der Waals surface area contributed by atoms with E-state index in [2.05, 4.69) is 19.1 Å². The topological polar surface area (TPSA) is 38.8 Å². The molecule has 0 spiro atoms. The van der Waals surface area contributed by atoms with Crippen molar-refractivity contribution in [3.63, 3.8) is 0 Å². The van der Waals surface area contributed by atoms with Crippen LogP contribution < -0.4 is 9.47 Å². The van der Waals surface area contributed by atoms with E-state index in [-0.39, 0.29) is 5.91 Å². The second kappa shape index (κ2) is 9.27. The van der Waals surface area contributed by atoms with E-state index >= 15 is 0 Å². The van der Waals surface area contributed by atoms with E-state index in [1.165, 1.54) is 5.56 Å². The molecule has 4 nitrogen and oxygen atoms in total. The SMILES string of the molecule is CCCN(Cc1ccccc1)C(=O)CCc1ccc2c(c1)OCCCO2. The molecular formula is C22H27NO3. The lowest BCUT2D eigenvalue weighted by Gasteiger charge is -2.22. The van der Waals surface area contributed by atoms with Crippen LogP contribution in [0.3, 0.4) is 0 Å². The Morgan fingerprint density at radius 1 is 1.00 bits per heavy atom. The van der Waals surface area contributed by atoms with Gasteiger partial charge in [-0.2, -0.15) is 0 Å². The van der Waals surface area contributed by atoms with Gasteiger partial charge in [0.1, 0.15) is 0 Å². The molecule has 26 heavy (non-hydrogen) atoms. The van der Waals surface area contributed by atoms with Crippen LogP contribution in [-0.2, 0) is 17.8 Å². The largest absolute Gasteiger partial charge is 0.490 e. The Labute approximate surface area is 155 Å². The summed E-state index contributed by atoms with van der Waals surface area (Å²) in [6.45, 7) is 4.94. The number of nitrogens with zero attached hydrogens (tertiary/aromatic N) is 1. The summed E-state index contributed by atoms with van der Waals surface area (Å²) < 4.78 is 11.4. The van der Waals surface area contributed by atoms with E-state index in [4.69, 9.17) is 9.47 Å². The van der Waals surface area contributed by atoms with Crippen LogP contribution in [0.15, 0.2) is 48.5 Å². The van der Waals surface area contributed by atoms with Crippen molar-refractivity contribution in [1.82, 2.24) is 4.90 Å². The average Bonchev–Trinajstić information content (AvgIpc) is 2.91. The number of fused-ring (bicyclic) bond motifs is 1. The van der Waals surface area contributed by atoms with Crippen LogP contribution in [0, 0.1) is 0 Å². The molecule has 4 heteroatoms. The van der Waals surface area contributed by atoms with Crippen LogP contribution >= 0.6 is 0 Å². The van der Waals surface area contributed by atoms with Gasteiger partial charge in [-0.05, 0) is 36.1 Å². The zero-order valence-corrected chi connectivity index (χ0v) is 15.4. The molecule has 1 aliphatic rings. The highest BCUT2D eigenvalue weighted by atomic mass is 16.5. The number of ether oxygens (including phenoxy) is 2. The Balaban J connectivity index is 1.60. The number of benzene rings is 2. The molecule has 2 aromatic carbocycles. The summed E-state index contributed by atoms with van der Waals surface area (Å²) in [6, 6.07) is 16.2. The fourth-order valence-corrected chi connectivity index (χ4v) is 3.14. The molecule has 3 rings (SSSR count). The van der Waals surface area contributed by atoms with Crippen molar-refractivity contribution in [2.75, 3.05) is 19.8 Å². The highest BCUT2D eigenvalue weighted by molar-refractivity contribution is 5.76. The average molecular weight is 353 g/mol. The van der Waals surface area contributed by atoms with Crippen LogP contribution in [0.1, 0.15) is 37.3 Å². The third kappa shape index (κ3) is 5.01. The molecule has 0 atom stereocenters. The number of carbonyl (C=O) groups excluding carboxylic acids is 1. The van der Waals surface area contributed by atoms with E-state index < -0.39 is 0 Å². The molecule has 0 saturated carbocycles. The zero-order chi connectivity index (χ0) is 18.2. The smallest absolute Gasteiger partial charge is 0.223 e. The van der Waals surface area contributed by atoms with E-state index in [0.717, 1.165) is 36.4 Å². The van der Waals surface area contributed by atoms with Crippen molar-refractivity contribution in [2.24, 2.45) is 0 Å². The second-order valence-electron chi connectivity index (χ2n) is 6.63. The molecule has 0 aromatic heterocycles. The number of hydrogen-bond donors (Lipinski definition) is 0. The Hall–Kier alpha value is -2.49. The Bertz CT molecular complexity index is 715. The van der Waals surface area contributed by atoms with Gasteiger partial charge in [-0.25, -0.2) is 0 Å². The molecule has 1 heterocycles. The van der Waals surface area contributed by atoms with E-state index in [1.54, 1.807) is 0 Å². The summed E-state index contributed by atoms with van der Waals surface area (Å²) in [6.07, 6.45) is 3.08. The molecule has 0 unspecified atom stereocenters. The maximum atomic E-state index is 12.7. The van der Waals surface area contributed by atoms with Gasteiger partial charge in [0.15, 0.2) is 11.5 Å². The molecule has 0 fully saturated rings. The first-order valence-corrected chi connectivity index (χ1v) is 9.46. The van der Waals surface area contributed by atoms with Crippen molar-refractivity contribution in [3.05, 3.63) is 59.7 Å². The van der Waals surface area contributed by atoms with Gasteiger partial charge in [0.2, 0.25) is 5.91 Å². The molecule has 0 radical (unpaired) electrons. The van der Waals surface area contributed by atoms with Gasteiger partial charge in [-0.15, -0.1) is 0 Å². The van der Waals surface area contributed by atoms with E-state index in [9.17, 15) is 4.79 Å². The Kier molecular flexibility index (Phi) is 6.53. The minimum Gasteiger partial charge on any atom is -0.490 e. The zero-order valence-electron chi connectivity index (χ0n) is 15.4. The maximum absolute atomic E-state index is 12.7. The highest BCUT2D eigenvalue weighted by Crippen LogP contribution is 2.30. The van der Waals surface area contributed by atoms with Gasteiger partial charge in [-0.1, -0.05) is 43.3 Å². The third-order valence-electron chi connectivity index (χ3n) is 4.50. The minimum atomic E-state index is 0.197. The van der Waals surface area contributed by atoms with Crippen LogP contribution in [0.2, 0.25) is 0 Å². The predicted octanol–water partition coefficient (Wildman–Crippen LogP) is 4.22. The molecule has 2 aromatic rings. The lowest BCUT2D eigenvalue weighted by molar-refractivity contribution is -0.131. The molecule has 0 bridgehead atoms. The molecular weight excluding hydrogens is 326 g/mol. The molecule has 0 aliphatic carbocycles. The van der Waals surface area contributed by atoms with Gasteiger partial charge in [0, 0.05) is 25.9 Å². The lowest BCUT2D eigenvalue weighted by atomic mass is 10.1. The van der Waals surface area contributed by atoms with Crippen LogP contribution in [0.5, 0.6) is 11.5 Å². The fourth-order valence-electron chi connectivity index (χ4n) is 3.14. The standard InChI is InChI=1S/C22H27NO3/c1-2-13-23(17-19-7-4-3-5-8-19)22(24)12-10-18-9-11-20-21(16-18)26-15-6-14-25-20/h3-5,7-9,11,16H,2,6,10,12-15,17H2,1H3. The van der Waals surface area contributed by atoms with Crippen molar-refractivity contribution >= 4 is 5.91 Å². The van der Waals surface area contributed by atoms with Crippen LogP contribution in [0.25, 0.3) is 0 Å². The van der Waals surface area contributed by atoms with E-state index in [0.29, 0.717) is 32.6 Å². The summed E-state index contributed by atoms with van der Waals surface area (Å²) in [5.74, 6) is 1.79. The molecule has 1 amide bonds. The van der Waals surface area contributed by atoms with Crippen molar-refractivity contribution in [3.8, 4) is 11.5 Å². The van der Waals surface area contributed by atoms with Crippen LogP contribution in [0.4, 0.5) is 0 Å². The number of aryl methyl sites for hydroxylation is 1. The normalized spacial score (nSPS) is 13.1. The quantitative estimate of drug-likeness (QED) is 0.748. The van der Waals surface area contributed by atoms with Crippen molar-refractivity contribution in [2.45, 2.75) is 39.2 Å².